The lowest BCUT2D eigenvalue weighted by Crippen LogP contribution is -2.27. The summed E-state index contributed by atoms with van der Waals surface area (Å²) in [6.07, 6.45) is 1.11. The lowest BCUT2D eigenvalue weighted by molar-refractivity contribution is 0.128. The van der Waals surface area contributed by atoms with E-state index >= 15 is 0 Å². The van der Waals surface area contributed by atoms with Crippen LogP contribution in [0.25, 0.3) is 0 Å². The Balaban J connectivity index is 0.00000361. The highest BCUT2D eigenvalue weighted by Crippen LogP contribution is 2.29. The molecular formula is C15H26Cl2N2O. The van der Waals surface area contributed by atoms with Crippen molar-refractivity contribution in [3.63, 3.8) is 0 Å². The second-order valence-electron chi connectivity index (χ2n) is 5.66. The largest absolute Gasteiger partial charge is 0.391 e. The highest BCUT2D eigenvalue weighted by molar-refractivity contribution is 6.31. The second kappa shape index (κ2) is 8.73. The van der Waals surface area contributed by atoms with Gasteiger partial charge in [0.25, 0.3) is 0 Å². The summed E-state index contributed by atoms with van der Waals surface area (Å²) in [4.78, 5) is 1.98. The summed E-state index contributed by atoms with van der Waals surface area (Å²) in [5.74, 6) is 0.563. The standard InChI is InChI=1S/C15H25ClN2O.ClH/c1-10(2)5-8-14(19)15(17)12-7-6-11(18(3)4)9-13(12)16;/h6-7,9-10,14-15,19H,5,8,17H2,1-4H3;1H/t14-,15+;/m0./s1. The number of hydrogen-bond donors (Lipinski definition) is 2. The first-order valence-corrected chi connectivity index (χ1v) is 7.11. The third kappa shape index (κ3) is 5.49. The van der Waals surface area contributed by atoms with E-state index in [0.717, 1.165) is 17.7 Å². The maximum absolute atomic E-state index is 10.1. The molecule has 1 aromatic rings. The molecule has 0 aliphatic rings. The SMILES string of the molecule is CC(C)CC[C@H](O)[C@H](N)c1ccc(N(C)C)cc1Cl.Cl. The molecule has 0 bridgehead atoms. The molecule has 20 heavy (non-hydrogen) atoms. The van der Waals surface area contributed by atoms with Gasteiger partial charge in [0, 0.05) is 24.8 Å². The number of anilines is 1. The maximum Gasteiger partial charge on any atom is 0.0733 e. The maximum atomic E-state index is 10.1. The molecular weight excluding hydrogens is 295 g/mol. The van der Waals surface area contributed by atoms with Crippen molar-refractivity contribution < 1.29 is 5.11 Å². The van der Waals surface area contributed by atoms with E-state index in [2.05, 4.69) is 13.8 Å². The lowest BCUT2D eigenvalue weighted by atomic mass is 9.96. The molecule has 0 aromatic heterocycles. The van der Waals surface area contributed by atoms with Crippen LogP contribution in [0, 0.1) is 5.92 Å². The smallest absolute Gasteiger partial charge is 0.0733 e. The van der Waals surface area contributed by atoms with Crippen molar-refractivity contribution in [3.8, 4) is 0 Å². The van der Waals surface area contributed by atoms with Crippen LogP contribution in [0.4, 0.5) is 5.69 Å². The van der Waals surface area contributed by atoms with Gasteiger partial charge in [0.2, 0.25) is 0 Å². The number of aliphatic hydroxyl groups is 1. The molecule has 1 aromatic carbocycles. The van der Waals surface area contributed by atoms with Gasteiger partial charge < -0.3 is 15.7 Å². The molecule has 0 heterocycles. The summed E-state index contributed by atoms with van der Waals surface area (Å²) in [5, 5.41) is 10.7. The Labute approximate surface area is 133 Å². The number of rotatable bonds is 6. The van der Waals surface area contributed by atoms with Gasteiger partial charge >= 0.3 is 0 Å². The molecule has 3 N–H and O–H groups in total. The van der Waals surface area contributed by atoms with Crippen molar-refractivity contribution in [2.45, 2.75) is 38.8 Å². The Bertz CT molecular complexity index is 411. The first-order valence-electron chi connectivity index (χ1n) is 6.73. The van der Waals surface area contributed by atoms with Crippen LogP contribution in [-0.2, 0) is 0 Å². The van der Waals surface area contributed by atoms with Gasteiger partial charge in [-0.15, -0.1) is 12.4 Å². The van der Waals surface area contributed by atoms with Crippen LogP contribution in [0.1, 0.15) is 38.3 Å². The fourth-order valence-electron chi connectivity index (χ4n) is 1.96. The van der Waals surface area contributed by atoms with Gasteiger partial charge in [0.05, 0.1) is 12.1 Å². The zero-order valence-electron chi connectivity index (χ0n) is 12.6. The summed E-state index contributed by atoms with van der Waals surface area (Å²) < 4.78 is 0. The second-order valence-corrected chi connectivity index (χ2v) is 6.07. The van der Waals surface area contributed by atoms with Crippen molar-refractivity contribution in [1.29, 1.82) is 0 Å². The number of aliphatic hydroxyl groups excluding tert-OH is 1. The highest BCUT2D eigenvalue weighted by atomic mass is 35.5. The first kappa shape index (κ1) is 19.5. The first-order chi connectivity index (χ1) is 8.82. The molecule has 0 spiro atoms. The van der Waals surface area contributed by atoms with Crippen LogP contribution in [0.15, 0.2) is 18.2 Å². The zero-order chi connectivity index (χ0) is 14.6. The van der Waals surface area contributed by atoms with E-state index in [0.29, 0.717) is 17.4 Å². The molecule has 0 fully saturated rings. The minimum absolute atomic E-state index is 0. The summed E-state index contributed by atoms with van der Waals surface area (Å²) in [7, 11) is 3.92. The summed E-state index contributed by atoms with van der Waals surface area (Å²) in [6, 6.07) is 5.32. The number of nitrogens with two attached hydrogens (primary N) is 1. The molecule has 2 atom stereocenters. The van der Waals surface area contributed by atoms with Gasteiger partial charge in [0.15, 0.2) is 0 Å². The zero-order valence-corrected chi connectivity index (χ0v) is 14.2. The van der Waals surface area contributed by atoms with E-state index in [1.807, 2.05) is 37.2 Å². The number of nitrogens with zero attached hydrogens (tertiary/aromatic N) is 1. The number of benzene rings is 1. The molecule has 0 aliphatic heterocycles. The quantitative estimate of drug-likeness (QED) is 0.841. The summed E-state index contributed by atoms with van der Waals surface area (Å²) in [6.45, 7) is 4.27. The Hall–Kier alpha value is -0.480. The topological polar surface area (TPSA) is 49.5 Å². The lowest BCUT2D eigenvalue weighted by Gasteiger charge is -2.22. The van der Waals surface area contributed by atoms with E-state index in [1.165, 1.54) is 0 Å². The van der Waals surface area contributed by atoms with E-state index in [1.54, 1.807) is 0 Å². The van der Waals surface area contributed by atoms with E-state index < -0.39 is 12.1 Å². The normalized spacial score (nSPS) is 13.8. The van der Waals surface area contributed by atoms with Crippen molar-refractivity contribution in [2.75, 3.05) is 19.0 Å². The van der Waals surface area contributed by atoms with Gasteiger partial charge in [-0.3, -0.25) is 0 Å². The molecule has 0 saturated heterocycles. The Morgan fingerprint density at radius 2 is 1.85 bits per heavy atom. The van der Waals surface area contributed by atoms with Gasteiger partial charge in [-0.2, -0.15) is 0 Å². The highest BCUT2D eigenvalue weighted by Gasteiger charge is 2.19. The van der Waals surface area contributed by atoms with Crippen molar-refractivity contribution in [2.24, 2.45) is 11.7 Å². The van der Waals surface area contributed by atoms with Crippen molar-refractivity contribution >= 4 is 29.7 Å². The van der Waals surface area contributed by atoms with Crippen LogP contribution in [-0.4, -0.2) is 25.3 Å². The van der Waals surface area contributed by atoms with Gasteiger partial charge in [-0.25, -0.2) is 0 Å². The molecule has 0 amide bonds. The Kier molecular flexibility index (Phi) is 8.52. The van der Waals surface area contributed by atoms with Crippen LogP contribution in [0.3, 0.4) is 0 Å². The molecule has 3 nitrogen and oxygen atoms in total. The van der Waals surface area contributed by atoms with Crippen LogP contribution < -0.4 is 10.6 Å². The van der Waals surface area contributed by atoms with E-state index in [9.17, 15) is 5.11 Å². The average Bonchev–Trinajstić information content (AvgIpc) is 2.34. The van der Waals surface area contributed by atoms with E-state index in [4.69, 9.17) is 17.3 Å². The third-order valence-electron chi connectivity index (χ3n) is 3.31. The average molecular weight is 321 g/mol. The van der Waals surface area contributed by atoms with Crippen LogP contribution in [0.5, 0.6) is 0 Å². The molecule has 116 valence electrons. The molecule has 5 heteroatoms. The van der Waals surface area contributed by atoms with Gasteiger partial charge in [0.1, 0.15) is 0 Å². The van der Waals surface area contributed by atoms with Gasteiger partial charge in [-0.05, 0) is 36.5 Å². The summed E-state index contributed by atoms with van der Waals surface area (Å²) >= 11 is 6.26. The van der Waals surface area contributed by atoms with Crippen molar-refractivity contribution in [3.05, 3.63) is 28.8 Å². The third-order valence-corrected chi connectivity index (χ3v) is 3.64. The minimum atomic E-state index is -0.551. The predicted octanol–water partition coefficient (Wildman–Crippen LogP) is 3.62. The minimum Gasteiger partial charge on any atom is -0.391 e. The van der Waals surface area contributed by atoms with E-state index in [-0.39, 0.29) is 12.4 Å². The fraction of sp³-hybridized carbons (Fsp3) is 0.600. The molecule has 0 unspecified atom stereocenters. The predicted molar refractivity (Wildman–Crippen MR) is 90.0 cm³/mol. The molecule has 0 radical (unpaired) electrons. The molecule has 1 rings (SSSR count). The number of halogens is 2. The summed E-state index contributed by atoms with van der Waals surface area (Å²) in [5.41, 5.74) is 7.94. The Morgan fingerprint density at radius 1 is 1.25 bits per heavy atom. The number of hydrogen-bond acceptors (Lipinski definition) is 3. The fourth-order valence-corrected chi connectivity index (χ4v) is 2.26. The Morgan fingerprint density at radius 3 is 2.30 bits per heavy atom. The monoisotopic (exact) mass is 320 g/mol. The van der Waals surface area contributed by atoms with Crippen LogP contribution >= 0.6 is 24.0 Å². The van der Waals surface area contributed by atoms with Gasteiger partial charge in [-0.1, -0.05) is 31.5 Å². The molecule has 0 saturated carbocycles. The van der Waals surface area contributed by atoms with Crippen LogP contribution in [0.2, 0.25) is 5.02 Å². The van der Waals surface area contributed by atoms with Crippen molar-refractivity contribution in [1.82, 2.24) is 0 Å². The molecule has 0 aliphatic carbocycles.